The molecule has 0 aromatic heterocycles. The van der Waals surface area contributed by atoms with Crippen LogP contribution in [0.25, 0.3) is 0 Å². The molecule has 3 heteroatoms. The van der Waals surface area contributed by atoms with Crippen molar-refractivity contribution in [1.82, 2.24) is 0 Å². The highest BCUT2D eigenvalue weighted by molar-refractivity contribution is 5.97. The Morgan fingerprint density at radius 3 is 2.26 bits per heavy atom. The monoisotopic (exact) mass is 254 g/mol. The first kappa shape index (κ1) is 13.0. The number of ether oxygens (including phenoxy) is 1. The minimum Gasteiger partial charge on any atom is -0.426 e. The van der Waals surface area contributed by atoms with Gasteiger partial charge in [-0.15, -0.1) is 0 Å². The topological polar surface area (TPSA) is 43.4 Å². The molecule has 2 rings (SSSR count). The largest absolute Gasteiger partial charge is 0.426 e. The molecular formula is C16H14O3. The summed E-state index contributed by atoms with van der Waals surface area (Å²) in [7, 11) is 0. The predicted octanol–water partition coefficient (Wildman–Crippen LogP) is 3.04. The maximum absolute atomic E-state index is 11.8. The minimum atomic E-state index is -0.375. The molecule has 2 aromatic carbocycles. The van der Waals surface area contributed by atoms with Crippen LogP contribution in [-0.2, 0) is 11.2 Å². The third-order valence-electron chi connectivity index (χ3n) is 2.68. The second-order valence-electron chi connectivity index (χ2n) is 4.19. The van der Waals surface area contributed by atoms with Gasteiger partial charge in [0.1, 0.15) is 5.75 Å². The SMILES string of the molecule is CC(=O)c1ccccc1OC(=O)Cc1ccccc1. The first-order valence-electron chi connectivity index (χ1n) is 6.01. The van der Waals surface area contributed by atoms with Crippen LogP contribution in [0.4, 0.5) is 0 Å². The van der Waals surface area contributed by atoms with Crippen LogP contribution in [0.15, 0.2) is 54.6 Å². The first-order chi connectivity index (χ1) is 9.16. The van der Waals surface area contributed by atoms with Crippen LogP contribution in [0.3, 0.4) is 0 Å². The fraction of sp³-hybridized carbons (Fsp3) is 0.125. The van der Waals surface area contributed by atoms with E-state index in [2.05, 4.69) is 0 Å². The number of rotatable bonds is 4. The summed E-state index contributed by atoms with van der Waals surface area (Å²) in [6, 6.07) is 16.1. The first-order valence-corrected chi connectivity index (χ1v) is 6.01. The summed E-state index contributed by atoms with van der Waals surface area (Å²) in [6.07, 6.45) is 0.188. The van der Waals surface area contributed by atoms with E-state index >= 15 is 0 Å². The van der Waals surface area contributed by atoms with Crippen LogP contribution in [0.1, 0.15) is 22.8 Å². The van der Waals surface area contributed by atoms with Crippen molar-refractivity contribution < 1.29 is 14.3 Å². The van der Waals surface area contributed by atoms with Gasteiger partial charge in [-0.05, 0) is 24.6 Å². The molecule has 0 N–H and O–H groups in total. The highest BCUT2D eigenvalue weighted by Crippen LogP contribution is 2.19. The van der Waals surface area contributed by atoms with E-state index in [4.69, 9.17) is 4.74 Å². The predicted molar refractivity (Wildman–Crippen MR) is 72.2 cm³/mol. The van der Waals surface area contributed by atoms with Crippen molar-refractivity contribution in [2.45, 2.75) is 13.3 Å². The number of esters is 1. The number of carbonyl (C=O) groups is 2. The number of carbonyl (C=O) groups excluding carboxylic acids is 2. The van der Waals surface area contributed by atoms with Crippen LogP contribution in [0, 0.1) is 0 Å². The molecule has 3 nitrogen and oxygen atoms in total. The number of hydrogen-bond donors (Lipinski definition) is 0. The van der Waals surface area contributed by atoms with Crippen LogP contribution in [-0.4, -0.2) is 11.8 Å². The second-order valence-corrected chi connectivity index (χ2v) is 4.19. The summed E-state index contributed by atoms with van der Waals surface area (Å²) in [4.78, 5) is 23.2. The Bertz CT molecular complexity index is 588. The third-order valence-corrected chi connectivity index (χ3v) is 2.68. The third kappa shape index (κ3) is 3.52. The molecule has 0 heterocycles. The van der Waals surface area contributed by atoms with E-state index in [1.165, 1.54) is 6.92 Å². The van der Waals surface area contributed by atoms with Gasteiger partial charge in [0.25, 0.3) is 0 Å². The van der Waals surface area contributed by atoms with Gasteiger partial charge in [-0.2, -0.15) is 0 Å². The molecule has 0 atom stereocenters. The Hall–Kier alpha value is -2.42. The van der Waals surface area contributed by atoms with Crippen molar-refractivity contribution in [2.75, 3.05) is 0 Å². The standard InChI is InChI=1S/C16H14O3/c1-12(17)14-9-5-6-10-15(14)19-16(18)11-13-7-3-2-4-8-13/h2-10H,11H2,1H3. The lowest BCUT2D eigenvalue weighted by Gasteiger charge is -2.07. The van der Waals surface area contributed by atoms with Crippen LogP contribution < -0.4 is 4.74 Å². The van der Waals surface area contributed by atoms with Crippen LogP contribution in [0.5, 0.6) is 5.75 Å². The molecule has 19 heavy (non-hydrogen) atoms. The second kappa shape index (κ2) is 5.96. The van der Waals surface area contributed by atoms with Gasteiger partial charge < -0.3 is 4.74 Å². The van der Waals surface area contributed by atoms with E-state index in [0.717, 1.165) is 5.56 Å². The average Bonchev–Trinajstić information content (AvgIpc) is 2.40. The zero-order chi connectivity index (χ0) is 13.7. The summed E-state index contributed by atoms with van der Waals surface area (Å²) in [6.45, 7) is 1.45. The summed E-state index contributed by atoms with van der Waals surface area (Å²) >= 11 is 0. The number of hydrogen-bond acceptors (Lipinski definition) is 3. The lowest BCUT2D eigenvalue weighted by atomic mass is 10.1. The lowest BCUT2D eigenvalue weighted by Crippen LogP contribution is -2.13. The normalized spacial score (nSPS) is 9.95. The molecule has 0 radical (unpaired) electrons. The van der Waals surface area contributed by atoms with Gasteiger partial charge in [-0.3, -0.25) is 9.59 Å². The average molecular weight is 254 g/mol. The molecule has 0 aliphatic rings. The molecule has 2 aromatic rings. The van der Waals surface area contributed by atoms with Crippen molar-refractivity contribution in [1.29, 1.82) is 0 Å². The Kier molecular flexibility index (Phi) is 4.08. The van der Waals surface area contributed by atoms with E-state index in [1.807, 2.05) is 30.3 Å². The van der Waals surface area contributed by atoms with Gasteiger partial charge >= 0.3 is 5.97 Å². The summed E-state index contributed by atoms with van der Waals surface area (Å²) in [5, 5.41) is 0. The molecular weight excluding hydrogens is 240 g/mol. The summed E-state index contributed by atoms with van der Waals surface area (Å²) in [5.41, 5.74) is 1.30. The summed E-state index contributed by atoms with van der Waals surface area (Å²) < 4.78 is 5.25. The maximum atomic E-state index is 11.8. The molecule has 0 amide bonds. The number of ketones is 1. The van der Waals surface area contributed by atoms with Crippen molar-refractivity contribution in [3.8, 4) is 5.75 Å². The molecule has 0 saturated carbocycles. The van der Waals surface area contributed by atoms with E-state index in [9.17, 15) is 9.59 Å². The maximum Gasteiger partial charge on any atom is 0.315 e. The molecule has 0 spiro atoms. The van der Waals surface area contributed by atoms with Gasteiger partial charge in [-0.1, -0.05) is 42.5 Å². The fourth-order valence-corrected chi connectivity index (χ4v) is 1.77. The zero-order valence-corrected chi connectivity index (χ0v) is 10.6. The Labute approximate surface area is 111 Å². The number of Topliss-reactive ketones (excluding diaryl/α,β-unsaturated/α-hetero) is 1. The van der Waals surface area contributed by atoms with Gasteiger partial charge in [0.2, 0.25) is 0 Å². The number of para-hydroxylation sites is 1. The van der Waals surface area contributed by atoms with Crippen LogP contribution >= 0.6 is 0 Å². The minimum absolute atomic E-state index is 0.122. The Morgan fingerprint density at radius 2 is 1.58 bits per heavy atom. The van der Waals surface area contributed by atoms with Gasteiger partial charge in [-0.25, -0.2) is 0 Å². The van der Waals surface area contributed by atoms with Crippen molar-refractivity contribution in [3.05, 3.63) is 65.7 Å². The van der Waals surface area contributed by atoms with Gasteiger partial charge in [0.05, 0.1) is 12.0 Å². The highest BCUT2D eigenvalue weighted by Gasteiger charge is 2.12. The molecule has 0 saturated heterocycles. The highest BCUT2D eigenvalue weighted by atomic mass is 16.5. The molecule has 0 fully saturated rings. The molecule has 0 aliphatic carbocycles. The Morgan fingerprint density at radius 1 is 0.947 bits per heavy atom. The van der Waals surface area contributed by atoms with E-state index in [1.54, 1.807) is 24.3 Å². The molecule has 96 valence electrons. The van der Waals surface area contributed by atoms with E-state index < -0.39 is 0 Å². The summed E-state index contributed by atoms with van der Waals surface area (Å²) in [5.74, 6) is -0.182. The quantitative estimate of drug-likeness (QED) is 0.478. The zero-order valence-electron chi connectivity index (χ0n) is 10.6. The fourth-order valence-electron chi connectivity index (χ4n) is 1.77. The molecule has 0 aliphatic heterocycles. The van der Waals surface area contributed by atoms with Crippen molar-refractivity contribution in [2.24, 2.45) is 0 Å². The number of benzene rings is 2. The van der Waals surface area contributed by atoms with Gasteiger partial charge in [0.15, 0.2) is 5.78 Å². The van der Waals surface area contributed by atoms with E-state index in [0.29, 0.717) is 11.3 Å². The lowest BCUT2D eigenvalue weighted by molar-refractivity contribution is -0.133. The van der Waals surface area contributed by atoms with Crippen molar-refractivity contribution in [3.63, 3.8) is 0 Å². The smallest absolute Gasteiger partial charge is 0.315 e. The van der Waals surface area contributed by atoms with Crippen molar-refractivity contribution >= 4 is 11.8 Å². The van der Waals surface area contributed by atoms with Gasteiger partial charge in [0, 0.05) is 0 Å². The Balaban J connectivity index is 2.09. The van der Waals surface area contributed by atoms with E-state index in [-0.39, 0.29) is 18.2 Å². The van der Waals surface area contributed by atoms with Crippen LogP contribution in [0.2, 0.25) is 0 Å². The molecule has 0 unspecified atom stereocenters. The molecule has 0 bridgehead atoms.